The van der Waals surface area contributed by atoms with E-state index in [1.165, 1.54) is 19.3 Å². The minimum absolute atomic E-state index is 0.0452. The van der Waals surface area contributed by atoms with Gasteiger partial charge in [0.1, 0.15) is 13.2 Å². The van der Waals surface area contributed by atoms with Crippen molar-refractivity contribution >= 4 is 17.8 Å². The molecular formula is C18H24N2O4. The molecule has 24 heavy (non-hydrogen) atoms. The van der Waals surface area contributed by atoms with Gasteiger partial charge in [0.05, 0.1) is 0 Å². The number of hydrogen-bond acceptors (Lipinski definition) is 4. The van der Waals surface area contributed by atoms with E-state index in [1.54, 1.807) is 24.3 Å². The molecular weight excluding hydrogens is 308 g/mol. The van der Waals surface area contributed by atoms with Crippen molar-refractivity contribution in [3.8, 4) is 0 Å². The molecule has 0 aromatic heterocycles. The number of rotatable bonds is 7. The third-order valence-corrected chi connectivity index (χ3v) is 4.30. The first-order valence-electron chi connectivity index (χ1n) is 8.36. The van der Waals surface area contributed by atoms with Crippen LogP contribution in [0.15, 0.2) is 24.3 Å². The van der Waals surface area contributed by atoms with Gasteiger partial charge in [0.25, 0.3) is 0 Å². The zero-order valence-electron chi connectivity index (χ0n) is 13.8. The van der Waals surface area contributed by atoms with E-state index in [-0.39, 0.29) is 19.1 Å². The molecule has 0 bridgehead atoms. The van der Waals surface area contributed by atoms with Crippen LogP contribution in [0.2, 0.25) is 0 Å². The highest BCUT2D eigenvalue weighted by molar-refractivity contribution is 5.94. The second-order valence-corrected chi connectivity index (χ2v) is 6.17. The summed E-state index contributed by atoms with van der Waals surface area (Å²) in [5.74, 6) is -0.790. The van der Waals surface area contributed by atoms with Crippen LogP contribution in [-0.4, -0.2) is 24.3 Å². The smallest absolute Gasteiger partial charge is 0.325 e. The lowest BCUT2D eigenvalue weighted by atomic mass is 9.87. The maximum atomic E-state index is 11.9. The fourth-order valence-corrected chi connectivity index (χ4v) is 2.99. The van der Waals surface area contributed by atoms with E-state index in [2.05, 4.69) is 5.32 Å². The Hall–Kier alpha value is -2.37. The second kappa shape index (κ2) is 9.05. The van der Waals surface area contributed by atoms with Crippen molar-refractivity contribution in [2.24, 2.45) is 11.7 Å². The van der Waals surface area contributed by atoms with Crippen molar-refractivity contribution in [3.05, 3.63) is 35.4 Å². The lowest BCUT2D eigenvalue weighted by molar-refractivity contribution is -0.145. The average Bonchev–Trinajstić information content (AvgIpc) is 2.59. The molecule has 0 radical (unpaired) electrons. The summed E-state index contributed by atoms with van der Waals surface area (Å²) in [6, 6.07) is 6.69. The number of carbonyl (C=O) groups is 3. The number of amides is 2. The van der Waals surface area contributed by atoms with Gasteiger partial charge < -0.3 is 15.8 Å². The summed E-state index contributed by atoms with van der Waals surface area (Å²) >= 11 is 0. The summed E-state index contributed by atoms with van der Waals surface area (Å²) in [4.78, 5) is 34.9. The zero-order valence-corrected chi connectivity index (χ0v) is 13.8. The quantitative estimate of drug-likeness (QED) is 0.745. The molecule has 0 spiro atoms. The Kier molecular flexibility index (Phi) is 6.78. The van der Waals surface area contributed by atoms with Crippen molar-refractivity contribution < 1.29 is 19.1 Å². The first-order chi connectivity index (χ1) is 11.6. The molecule has 1 aromatic carbocycles. The van der Waals surface area contributed by atoms with Gasteiger partial charge >= 0.3 is 5.97 Å². The molecule has 2 amide bonds. The van der Waals surface area contributed by atoms with Gasteiger partial charge in [-0.25, -0.2) is 0 Å². The van der Waals surface area contributed by atoms with Crippen molar-refractivity contribution in [3.63, 3.8) is 0 Å². The second-order valence-electron chi connectivity index (χ2n) is 6.17. The third kappa shape index (κ3) is 5.68. The first-order valence-corrected chi connectivity index (χ1v) is 8.36. The number of ether oxygens (including phenoxy) is 1. The van der Waals surface area contributed by atoms with Crippen molar-refractivity contribution in [1.82, 2.24) is 5.32 Å². The van der Waals surface area contributed by atoms with Crippen molar-refractivity contribution in [2.45, 2.75) is 45.1 Å². The Morgan fingerprint density at radius 2 is 1.83 bits per heavy atom. The fraction of sp³-hybridized carbons (Fsp3) is 0.500. The van der Waals surface area contributed by atoms with Crippen LogP contribution in [0.25, 0.3) is 0 Å². The van der Waals surface area contributed by atoms with Gasteiger partial charge in [-0.05, 0) is 24.8 Å². The number of benzene rings is 1. The van der Waals surface area contributed by atoms with Crippen molar-refractivity contribution in [2.75, 3.05) is 6.54 Å². The lowest BCUT2D eigenvalue weighted by Crippen LogP contribution is -2.32. The molecule has 2 rings (SSSR count). The molecule has 6 nitrogen and oxygen atoms in total. The topological polar surface area (TPSA) is 98.5 Å². The van der Waals surface area contributed by atoms with E-state index < -0.39 is 11.9 Å². The standard InChI is InChI=1S/C18H24N2O4/c19-18(23)15-9-5-4-8-14(15)12-24-17(22)11-20-16(21)10-13-6-2-1-3-7-13/h4-5,8-9,13H,1-3,6-7,10-12H2,(H2,19,23)(H,20,21). The van der Waals surface area contributed by atoms with Crippen LogP contribution in [0.1, 0.15) is 54.4 Å². The van der Waals surface area contributed by atoms with Crippen LogP contribution in [0, 0.1) is 5.92 Å². The van der Waals surface area contributed by atoms with Gasteiger partial charge in [0, 0.05) is 17.5 Å². The van der Waals surface area contributed by atoms with Crippen LogP contribution in [0.3, 0.4) is 0 Å². The van der Waals surface area contributed by atoms with Gasteiger partial charge in [-0.3, -0.25) is 14.4 Å². The summed E-state index contributed by atoms with van der Waals surface area (Å²) in [6.07, 6.45) is 6.25. The highest BCUT2D eigenvalue weighted by atomic mass is 16.5. The van der Waals surface area contributed by atoms with E-state index in [4.69, 9.17) is 10.5 Å². The molecule has 0 saturated heterocycles. The average molecular weight is 332 g/mol. The maximum absolute atomic E-state index is 11.9. The van der Waals surface area contributed by atoms with Crippen LogP contribution < -0.4 is 11.1 Å². The number of nitrogens with one attached hydrogen (secondary N) is 1. The van der Waals surface area contributed by atoms with E-state index in [1.807, 2.05) is 0 Å². The minimum Gasteiger partial charge on any atom is -0.459 e. The largest absolute Gasteiger partial charge is 0.459 e. The number of carbonyl (C=O) groups excluding carboxylic acids is 3. The van der Waals surface area contributed by atoms with Gasteiger partial charge in [-0.1, -0.05) is 37.5 Å². The minimum atomic E-state index is -0.567. The predicted octanol–water partition coefficient (Wildman–Crippen LogP) is 1.92. The third-order valence-electron chi connectivity index (χ3n) is 4.30. The van der Waals surface area contributed by atoms with E-state index in [0.29, 0.717) is 23.5 Å². The van der Waals surface area contributed by atoms with Crippen LogP contribution in [-0.2, 0) is 20.9 Å². The summed E-state index contributed by atoms with van der Waals surface area (Å²) in [6.45, 7) is -0.208. The fourth-order valence-electron chi connectivity index (χ4n) is 2.99. The molecule has 1 aromatic rings. The molecule has 0 aliphatic heterocycles. The molecule has 3 N–H and O–H groups in total. The molecule has 1 fully saturated rings. The van der Waals surface area contributed by atoms with Crippen LogP contribution >= 0.6 is 0 Å². The van der Waals surface area contributed by atoms with Crippen LogP contribution in [0.5, 0.6) is 0 Å². The van der Waals surface area contributed by atoms with Crippen molar-refractivity contribution in [1.29, 1.82) is 0 Å². The molecule has 0 atom stereocenters. The molecule has 0 heterocycles. The van der Waals surface area contributed by atoms with Gasteiger partial charge in [-0.15, -0.1) is 0 Å². The zero-order chi connectivity index (χ0) is 17.4. The molecule has 1 aliphatic rings. The van der Waals surface area contributed by atoms with E-state index >= 15 is 0 Å². The molecule has 1 saturated carbocycles. The summed E-state index contributed by atoms with van der Waals surface area (Å²) in [7, 11) is 0. The van der Waals surface area contributed by atoms with E-state index in [0.717, 1.165) is 12.8 Å². The molecule has 130 valence electrons. The predicted molar refractivity (Wildman–Crippen MR) is 89.0 cm³/mol. The normalized spacial score (nSPS) is 14.8. The Labute approximate surface area is 141 Å². The number of hydrogen-bond donors (Lipinski definition) is 2. The highest BCUT2D eigenvalue weighted by Gasteiger charge is 2.17. The summed E-state index contributed by atoms with van der Waals surface area (Å²) in [5.41, 5.74) is 6.15. The maximum Gasteiger partial charge on any atom is 0.325 e. The lowest BCUT2D eigenvalue weighted by Gasteiger charge is -2.20. The monoisotopic (exact) mass is 332 g/mol. The summed E-state index contributed by atoms with van der Waals surface area (Å²) < 4.78 is 5.10. The Morgan fingerprint density at radius 3 is 2.54 bits per heavy atom. The first kappa shape index (κ1) is 18.0. The Morgan fingerprint density at radius 1 is 1.12 bits per heavy atom. The number of primary amides is 1. The Bertz CT molecular complexity index is 594. The van der Waals surface area contributed by atoms with Gasteiger partial charge in [0.2, 0.25) is 11.8 Å². The molecule has 6 heteroatoms. The SMILES string of the molecule is NC(=O)c1ccccc1COC(=O)CNC(=O)CC1CCCCC1. The number of nitrogens with two attached hydrogens (primary N) is 1. The van der Waals surface area contributed by atoms with Gasteiger partial charge in [-0.2, -0.15) is 0 Å². The number of esters is 1. The van der Waals surface area contributed by atoms with E-state index in [9.17, 15) is 14.4 Å². The van der Waals surface area contributed by atoms with Crippen LogP contribution in [0.4, 0.5) is 0 Å². The molecule has 1 aliphatic carbocycles. The van der Waals surface area contributed by atoms with Gasteiger partial charge in [0.15, 0.2) is 0 Å². The molecule has 0 unspecified atom stereocenters. The highest BCUT2D eigenvalue weighted by Crippen LogP contribution is 2.25. The summed E-state index contributed by atoms with van der Waals surface area (Å²) in [5, 5.41) is 2.60. The Balaban J connectivity index is 1.71.